The van der Waals surface area contributed by atoms with Gasteiger partial charge in [-0.15, -0.1) is 0 Å². The maximum atomic E-state index is 12.5. The molecule has 0 aliphatic carbocycles. The maximum absolute atomic E-state index is 12.5. The normalized spacial score (nSPS) is 12.9. The number of nitrogens with zero attached hydrogens (tertiary/aromatic N) is 1. The number of urea groups is 1. The second kappa shape index (κ2) is 6.63. The average Bonchev–Trinajstić information content (AvgIpc) is 2.25. The highest BCUT2D eigenvalue weighted by atomic mass is 32.2. The summed E-state index contributed by atoms with van der Waals surface area (Å²) in [5, 5.41) is 2.74. The molecule has 1 rings (SSSR count). The average molecular weight is 348 g/mol. The summed E-state index contributed by atoms with van der Waals surface area (Å²) in [5.41, 5.74) is -4.65. The number of alkyl halides is 3. The van der Waals surface area contributed by atoms with Crippen LogP contribution in [0.25, 0.3) is 0 Å². The lowest BCUT2D eigenvalue weighted by Gasteiger charge is -2.45. The van der Waals surface area contributed by atoms with Gasteiger partial charge in [0.1, 0.15) is 0 Å². The van der Waals surface area contributed by atoms with Crippen molar-refractivity contribution >= 4 is 23.5 Å². The molecule has 23 heavy (non-hydrogen) atoms. The molecule has 0 aliphatic heterocycles. The Morgan fingerprint density at radius 3 is 1.74 bits per heavy atom. The third kappa shape index (κ3) is 6.33. The van der Waals surface area contributed by atoms with Crippen molar-refractivity contribution in [2.75, 3.05) is 5.32 Å². The lowest BCUT2D eigenvalue weighted by molar-refractivity contribution is -0.0328. The second-order valence-electron chi connectivity index (χ2n) is 7.18. The molecular formula is C16H23F3N2OS. The van der Waals surface area contributed by atoms with E-state index in [0.29, 0.717) is 5.69 Å². The van der Waals surface area contributed by atoms with Crippen molar-refractivity contribution in [3.63, 3.8) is 0 Å². The van der Waals surface area contributed by atoms with Crippen LogP contribution >= 0.6 is 11.8 Å². The third-order valence-corrected chi connectivity index (χ3v) is 3.62. The van der Waals surface area contributed by atoms with Gasteiger partial charge >= 0.3 is 11.5 Å². The lowest BCUT2D eigenvalue weighted by atomic mass is 9.97. The quantitative estimate of drug-likeness (QED) is 0.692. The molecule has 1 aromatic rings. The Kier molecular flexibility index (Phi) is 5.67. The summed E-state index contributed by atoms with van der Waals surface area (Å²) >= 11 is -0.180. The summed E-state index contributed by atoms with van der Waals surface area (Å²) in [6, 6.07) is 5.32. The fourth-order valence-corrected chi connectivity index (χ4v) is 3.07. The highest BCUT2D eigenvalue weighted by Crippen LogP contribution is 2.37. The molecule has 0 radical (unpaired) electrons. The Balaban J connectivity index is 2.88. The van der Waals surface area contributed by atoms with E-state index in [1.54, 1.807) is 4.90 Å². The van der Waals surface area contributed by atoms with Gasteiger partial charge in [0.2, 0.25) is 0 Å². The van der Waals surface area contributed by atoms with Gasteiger partial charge in [-0.25, -0.2) is 4.79 Å². The molecule has 0 aliphatic rings. The molecule has 0 fully saturated rings. The van der Waals surface area contributed by atoms with Crippen molar-refractivity contribution in [2.24, 2.45) is 0 Å². The number of carbonyl (C=O) groups excluding carboxylic acids is 1. The minimum atomic E-state index is -4.32. The van der Waals surface area contributed by atoms with Crippen LogP contribution in [0.1, 0.15) is 41.5 Å². The first-order chi connectivity index (χ1) is 10.2. The van der Waals surface area contributed by atoms with Crippen molar-refractivity contribution in [3.05, 3.63) is 24.3 Å². The van der Waals surface area contributed by atoms with E-state index >= 15 is 0 Å². The number of amides is 2. The van der Waals surface area contributed by atoms with E-state index in [1.807, 2.05) is 41.5 Å². The topological polar surface area (TPSA) is 32.3 Å². The van der Waals surface area contributed by atoms with Gasteiger partial charge in [-0.05, 0) is 77.6 Å². The van der Waals surface area contributed by atoms with Gasteiger partial charge in [0, 0.05) is 21.7 Å². The van der Waals surface area contributed by atoms with Gasteiger partial charge in [-0.1, -0.05) is 0 Å². The molecule has 1 N–H and O–H groups in total. The molecule has 3 nitrogen and oxygen atoms in total. The largest absolute Gasteiger partial charge is 0.446 e. The molecule has 0 aromatic heterocycles. The van der Waals surface area contributed by atoms with Gasteiger partial charge in [0.25, 0.3) is 0 Å². The van der Waals surface area contributed by atoms with Crippen LogP contribution in [-0.4, -0.2) is 27.5 Å². The number of anilines is 1. The van der Waals surface area contributed by atoms with Crippen molar-refractivity contribution in [1.82, 2.24) is 4.90 Å². The maximum Gasteiger partial charge on any atom is 0.446 e. The second-order valence-corrected chi connectivity index (χ2v) is 8.32. The molecule has 0 atom stereocenters. The Bertz CT molecular complexity index is 528. The van der Waals surface area contributed by atoms with Crippen LogP contribution in [0.3, 0.4) is 0 Å². The number of benzene rings is 1. The number of hydrogen-bond acceptors (Lipinski definition) is 2. The SMILES string of the molecule is CC(C)(C)N(C(=O)Nc1ccc(SC(F)(F)F)cc1)C(C)(C)C. The van der Waals surface area contributed by atoms with E-state index in [0.717, 1.165) is 0 Å². The zero-order valence-electron chi connectivity index (χ0n) is 14.2. The first-order valence-corrected chi connectivity index (χ1v) is 7.99. The minimum absolute atomic E-state index is 0.0824. The molecule has 0 heterocycles. The molecule has 130 valence electrons. The van der Waals surface area contributed by atoms with E-state index in [1.165, 1.54) is 24.3 Å². The van der Waals surface area contributed by atoms with Gasteiger partial charge in [0.05, 0.1) is 0 Å². The zero-order valence-corrected chi connectivity index (χ0v) is 15.0. The molecule has 0 unspecified atom stereocenters. The first-order valence-electron chi connectivity index (χ1n) is 7.17. The molecule has 2 amide bonds. The van der Waals surface area contributed by atoms with E-state index < -0.39 is 16.6 Å². The monoisotopic (exact) mass is 348 g/mol. The summed E-state index contributed by atoms with van der Waals surface area (Å²) < 4.78 is 36.9. The summed E-state index contributed by atoms with van der Waals surface area (Å²) in [6.45, 7) is 11.6. The number of nitrogens with one attached hydrogen (secondary N) is 1. The van der Waals surface area contributed by atoms with Crippen molar-refractivity contribution in [1.29, 1.82) is 0 Å². The number of rotatable bonds is 2. The predicted octanol–water partition coefficient (Wildman–Crippen LogP) is 5.73. The van der Waals surface area contributed by atoms with Crippen LogP contribution < -0.4 is 5.32 Å². The van der Waals surface area contributed by atoms with Crippen molar-refractivity contribution in [3.8, 4) is 0 Å². The molecular weight excluding hydrogens is 325 g/mol. The first kappa shape index (κ1) is 19.7. The van der Waals surface area contributed by atoms with E-state index in [-0.39, 0.29) is 22.7 Å². The summed E-state index contributed by atoms with van der Waals surface area (Å²) in [5.74, 6) is 0. The lowest BCUT2D eigenvalue weighted by Crippen LogP contribution is -2.57. The third-order valence-electron chi connectivity index (χ3n) is 2.88. The number of carbonyl (C=O) groups is 1. The van der Waals surface area contributed by atoms with Crippen LogP contribution in [0.2, 0.25) is 0 Å². The molecule has 0 saturated carbocycles. The highest BCUT2D eigenvalue weighted by Gasteiger charge is 2.35. The van der Waals surface area contributed by atoms with Crippen LogP contribution in [0.5, 0.6) is 0 Å². The van der Waals surface area contributed by atoms with Crippen LogP contribution in [0, 0.1) is 0 Å². The standard InChI is InChI=1S/C16H23F3N2OS/c1-14(2,3)21(15(4,5)6)13(22)20-11-7-9-12(10-8-11)23-16(17,18)19/h7-10H,1-6H3,(H,20,22). The number of halogens is 3. The predicted molar refractivity (Wildman–Crippen MR) is 88.7 cm³/mol. The molecule has 0 bridgehead atoms. The summed E-state index contributed by atoms with van der Waals surface area (Å²) in [7, 11) is 0. The van der Waals surface area contributed by atoms with Crippen molar-refractivity contribution < 1.29 is 18.0 Å². The van der Waals surface area contributed by atoms with Gasteiger partial charge in [-0.3, -0.25) is 0 Å². The molecule has 1 aromatic carbocycles. The number of hydrogen-bond donors (Lipinski definition) is 1. The minimum Gasteiger partial charge on any atom is -0.315 e. The Morgan fingerprint density at radius 1 is 0.957 bits per heavy atom. The molecule has 0 saturated heterocycles. The van der Waals surface area contributed by atoms with Crippen LogP contribution in [0.15, 0.2) is 29.2 Å². The van der Waals surface area contributed by atoms with Crippen LogP contribution in [0.4, 0.5) is 23.7 Å². The Hall–Kier alpha value is -1.37. The van der Waals surface area contributed by atoms with E-state index in [4.69, 9.17) is 0 Å². The fourth-order valence-electron chi connectivity index (χ4n) is 2.53. The van der Waals surface area contributed by atoms with Gasteiger partial charge in [-0.2, -0.15) is 13.2 Å². The Morgan fingerprint density at radius 2 is 1.39 bits per heavy atom. The van der Waals surface area contributed by atoms with E-state index in [2.05, 4.69) is 5.32 Å². The van der Waals surface area contributed by atoms with Crippen LogP contribution in [-0.2, 0) is 0 Å². The highest BCUT2D eigenvalue weighted by molar-refractivity contribution is 8.00. The molecule has 7 heteroatoms. The molecule has 0 spiro atoms. The fraction of sp³-hybridized carbons (Fsp3) is 0.562. The van der Waals surface area contributed by atoms with E-state index in [9.17, 15) is 18.0 Å². The smallest absolute Gasteiger partial charge is 0.315 e. The Labute approximate surface area is 139 Å². The number of thioether (sulfide) groups is 1. The van der Waals surface area contributed by atoms with Crippen molar-refractivity contribution in [2.45, 2.75) is 63.0 Å². The van der Waals surface area contributed by atoms with Gasteiger partial charge in [0.15, 0.2) is 0 Å². The summed E-state index contributed by atoms with van der Waals surface area (Å²) in [6.07, 6.45) is 0. The zero-order chi connectivity index (χ0) is 18.1. The summed E-state index contributed by atoms with van der Waals surface area (Å²) in [4.78, 5) is 14.3. The van der Waals surface area contributed by atoms with Gasteiger partial charge < -0.3 is 10.2 Å².